The van der Waals surface area contributed by atoms with Crippen LogP contribution in [-0.4, -0.2) is 22.5 Å². The van der Waals surface area contributed by atoms with Gasteiger partial charge in [0.2, 0.25) is 0 Å². The largest absolute Gasteiger partial charge is 0.462 e. The topological polar surface area (TPSA) is 98.1 Å². The Hall–Kier alpha value is -2.60. The van der Waals surface area contributed by atoms with Gasteiger partial charge in [0, 0.05) is 22.9 Å². The zero-order valence-corrected chi connectivity index (χ0v) is 12.6. The van der Waals surface area contributed by atoms with Gasteiger partial charge in [-0.1, -0.05) is 29.8 Å². The van der Waals surface area contributed by atoms with Crippen LogP contribution >= 0.6 is 11.6 Å². The summed E-state index contributed by atoms with van der Waals surface area (Å²) in [5.74, 6) is -0.632. The van der Waals surface area contributed by atoms with E-state index in [1.807, 2.05) is 0 Å². The first kappa shape index (κ1) is 15.8. The molecule has 0 aliphatic rings. The molecule has 0 fully saturated rings. The zero-order chi connectivity index (χ0) is 16.1. The van der Waals surface area contributed by atoms with Crippen LogP contribution in [0.1, 0.15) is 12.7 Å². The number of nitrogens with zero attached hydrogens (tertiary/aromatic N) is 1. The number of halogens is 1. The predicted molar refractivity (Wildman–Crippen MR) is 84.1 cm³/mol. The SMILES string of the molecule is CCOC(=O)C(=CN)c1nc(-c2ccccc2Cl)cc(=O)[nH]1. The molecule has 1 aromatic heterocycles. The minimum absolute atomic E-state index is 0.0205. The van der Waals surface area contributed by atoms with Crippen LogP contribution in [0.25, 0.3) is 16.8 Å². The molecule has 0 atom stereocenters. The summed E-state index contributed by atoms with van der Waals surface area (Å²) in [6, 6.07) is 8.25. The Morgan fingerprint density at radius 3 is 2.82 bits per heavy atom. The summed E-state index contributed by atoms with van der Waals surface area (Å²) in [4.78, 5) is 30.4. The molecule has 0 saturated heterocycles. The van der Waals surface area contributed by atoms with Crippen molar-refractivity contribution in [1.82, 2.24) is 9.97 Å². The third-order valence-electron chi connectivity index (χ3n) is 2.81. The summed E-state index contributed by atoms with van der Waals surface area (Å²) in [5, 5.41) is 0.445. The van der Waals surface area contributed by atoms with Crippen LogP contribution < -0.4 is 11.3 Å². The quantitative estimate of drug-likeness (QED) is 0.663. The van der Waals surface area contributed by atoms with Gasteiger partial charge in [-0.15, -0.1) is 0 Å². The average molecular weight is 320 g/mol. The third-order valence-corrected chi connectivity index (χ3v) is 3.14. The van der Waals surface area contributed by atoms with E-state index < -0.39 is 11.5 Å². The van der Waals surface area contributed by atoms with Crippen LogP contribution in [0.15, 0.2) is 41.3 Å². The van der Waals surface area contributed by atoms with E-state index in [0.29, 0.717) is 16.3 Å². The Balaban J connectivity index is 2.54. The molecular weight excluding hydrogens is 306 g/mol. The van der Waals surface area contributed by atoms with Gasteiger partial charge in [0.25, 0.3) is 5.56 Å². The van der Waals surface area contributed by atoms with E-state index in [2.05, 4.69) is 9.97 Å². The molecule has 2 rings (SSSR count). The molecule has 1 aromatic carbocycles. The van der Waals surface area contributed by atoms with Gasteiger partial charge < -0.3 is 15.5 Å². The van der Waals surface area contributed by atoms with Crippen LogP contribution in [0, 0.1) is 0 Å². The number of carbonyl (C=O) groups is 1. The third kappa shape index (κ3) is 3.35. The molecule has 1 heterocycles. The van der Waals surface area contributed by atoms with Gasteiger partial charge in [0.1, 0.15) is 11.4 Å². The molecule has 0 radical (unpaired) electrons. The Morgan fingerprint density at radius 2 is 2.18 bits per heavy atom. The van der Waals surface area contributed by atoms with E-state index in [4.69, 9.17) is 22.1 Å². The fraction of sp³-hybridized carbons (Fsp3) is 0.133. The lowest BCUT2D eigenvalue weighted by atomic mass is 10.1. The van der Waals surface area contributed by atoms with Crippen molar-refractivity contribution in [2.45, 2.75) is 6.92 Å². The lowest BCUT2D eigenvalue weighted by Crippen LogP contribution is -2.16. The van der Waals surface area contributed by atoms with Crippen molar-refractivity contribution in [3.05, 3.63) is 57.7 Å². The van der Waals surface area contributed by atoms with E-state index in [0.717, 1.165) is 6.20 Å². The number of hydrogen-bond donors (Lipinski definition) is 2. The molecule has 2 aromatic rings. The number of ether oxygens (including phenoxy) is 1. The van der Waals surface area contributed by atoms with Crippen LogP contribution in [0.4, 0.5) is 0 Å². The van der Waals surface area contributed by atoms with E-state index in [1.165, 1.54) is 6.07 Å². The fourth-order valence-electron chi connectivity index (χ4n) is 1.84. The van der Waals surface area contributed by atoms with E-state index >= 15 is 0 Å². The highest BCUT2D eigenvalue weighted by Gasteiger charge is 2.17. The van der Waals surface area contributed by atoms with Crippen molar-refractivity contribution < 1.29 is 9.53 Å². The summed E-state index contributed by atoms with van der Waals surface area (Å²) in [6.07, 6.45) is 1.05. The molecule has 3 N–H and O–H groups in total. The number of hydrogen-bond acceptors (Lipinski definition) is 5. The lowest BCUT2D eigenvalue weighted by molar-refractivity contribution is -0.136. The minimum Gasteiger partial charge on any atom is -0.462 e. The molecule has 0 aliphatic carbocycles. The van der Waals surface area contributed by atoms with Gasteiger partial charge in [-0.3, -0.25) is 4.79 Å². The van der Waals surface area contributed by atoms with Crippen molar-refractivity contribution in [2.24, 2.45) is 5.73 Å². The molecule has 0 spiro atoms. The fourth-order valence-corrected chi connectivity index (χ4v) is 2.08. The number of esters is 1. The van der Waals surface area contributed by atoms with Gasteiger partial charge in [0.05, 0.1) is 12.3 Å². The second-order valence-corrected chi connectivity index (χ2v) is 4.67. The van der Waals surface area contributed by atoms with Crippen LogP contribution in [0.3, 0.4) is 0 Å². The van der Waals surface area contributed by atoms with Crippen LogP contribution in [-0.2, 0) is 9.53 Å². The highest BCUT2D eigenvalue weighted by molar-refractivity contribution is 6.33. The number of carbonyl (C=O) groups excluding carboxylic acids is 1. The van der Waals surface area contributed by atoms with Crippen LogP contribution in [0.5, 0.6) is 0 Å². The molecule has 6 nitrogen and oxygen atoms in total. The summed E-state index contributed by atoms with van der Waals surface area (Å²) in [7, 11) is 0. The molecule has 7 heteroatoms. The first-order chi connectivity index (χ1) is 10.6. The van der Waals surface area contributed by atoms with Crippen molar-refractivity contribution in [2.75, 3.05) is 6.61 Å². The minimum atomic E-state index is -0.663. The first-order valence-corrected chi connectivity index (χ1v) is 6.90. The Bertz CT molecular complexity index is 784. The monoisotopic (exact) mass is 319 g/mol. The predicted octanol–water partition coefficient (Wildman–Crippen LogP) is 1.95. The molecule has 0 amide bonds. The normalized spacial score (nSPS) is 11.3. The molecule has 0 bridgehead atoms. The van der Waals surface area contributed by atoms with Gasteiger partial charge >= 0.3 is 5.97 Å². The number of aromatic nitrogens is 2. The van der Waals surface area contributed by atoms with E-state index in [-0.39, 0.29) is 18.0 Å². The number of H-pyrrole nitrogens is 1. The van der Waals surface area contributed by atoms with E-state index in [1.54, 1.807) is 31.2 Å². The van der Waals surface area contributed by atoms with Crippen molar-refractivity contribution in [3.8, 4) is 11.3 Å². The number of nitrogens with one attached hydrogen (secondary N) is 1. The van der Waals surface area contributed by atoms with Crippen molar-refractivity contribution in [3.63, 3.8) is 0 Å². The maximum absolute atomic E-state index is 11.8. The van der Waals surface area contributed by atoms with Crippen molar-refractivity contribution in [1.29, 1.82) is 0 Å². The first-order valence-electron chi connectivity index (χ1n) is 6.52. The summed E-state index contributed by atoms with van der Waals surface area (Å²) in [5.41, 5.74) is 5.93. The molecular formula is C15H14ClN3O3. The average Bonchev–Trinajstić information content (AvgIpc) is 2.48. The van der Waals surface area contributed by atoms with Gasteiger partial charge in [-0.25, -0.2) is 9.78 Å². The smallest absolute Gasteiger partial charge is 0.343 e. The lowest BCUT2D eigenvalue weighted by Gasteiger charge is -2.08. The van der Waals surface area contributed by atoms with Crippen LogP contribution in [0.2, 0.25) is 5.02 Å². The second-order valence-electron chi connectivity index (χ2n) is 4.26. The maximum Gasteiger partial charge on any atom is 0.343 e. The molecule has 0 unspecified atom stereocenters. The van der Waals surface area contributed by atoms with Crippen molar-refractivity contribution >= 4 is 23.1 Å². The second kappa shape index (κ2) is 6.91. The van der Waals surface area contributed by atoms with Gasteiger partial charge in [-0.05, 0) is 13.0 Å². The standard InChI is InChI=1S/C15H14ClN3O3/c1-2-22-15(21)10(8-17)14-18-12(7-13(20)19-14)9-5-3-4-6-11(9)16/h3-8H,2,17H2,1H3,(H,18,19,20). The molecule has 0 aliphatic heterocycles. The molecule has 22 heavy (non-hydrogen) atoms. The highest BCUT2D eigenvalue weighted by Crippen LogP contribution is 2.25. The maximum atomic E-state index is 11.8. The highest BCUT2D eigenvalue weighted by atomic mass is 35.5. The van der Waals surface area contributed by atoms with E-state index in [9.17, 15) is 9.59 Å². The summed E-state index contributed by atoms with van der Waals surface area (Å²) < 4.78 is 4.88. The van der Waals surface area contributed by atoms with Gasteiger partial charge in [0.15, 0.2) is 0 Å². The number of aromatic amines is 1. The molecule has 0 saturated carbocycles. The number of benzene rings is 1. The summed E-state index contributed by atoms with van der Waals surface area (Å²) >= 11 is 6.11. The van der Waals surface area contributed by atoms with Gasteiger partial charge in [-0.2, -0.15) is 0 Å². The Morgan fingerprint density at radius 1 is 1.45 bits per heavy atom. The Kier molecular flexibility index (Phi) is 4.95. The number of rotatable bonds is 4. The number of nitrogens with two attached hydrogens (primary N) is 1. The summed E-state index contributed by atoms with van der Waals surface area (Å²) in [6.45, 7) is 1.85. The Labute approximate surface area is 131 Å². The molecule has 114 valence electrons. The zero-order valence-electron chi connectivity index (χ0n) is 11.8.